The summed E-state index contributed by atoms with van der Waals surface area (Å²) in [5.41, 5.74) is -0.714. The molecule has 0 amide bonds. The topological polar surface area (TPSA) is 67.7 Å². The van der Waals surface area contributed by atoms with Crippen LogP contribution in [0.3, 0.4) is 0 Å². The summed E-state index contributed by atoms with van der Waals surface area (Å²) >= 11 is 6.06. The molecule has 0 saturated heterocycles. The second-order valence-corrected chi connectivity index (χ2v) is 7.01. The van der Waals surface area contributed by atoms with Crippen molar-refractivity contribution in [3.63, 3.8) is 0 Å². The van der Waals surface area contributed by atoms with Crippen molar-refractivity contribution in [1.82, 2.24) is 19.7 Å². The number of halogens is 6. The van der Waals surface area contributed by atoms with Gasteiger partial charge in [-0.25, -0.2) is 13.8 Å². The lowest BCUT2D eigenvalue weighted by Crippen LogP contribution is -2.13. The van der Waals surface area contributed by atoms with Crippen LogP contribution in [0.2, 0.25) is 5.15 Å². The van der Waals surface area contributed by atoms with E-state index in [1.54, 1.807) is 0 Å². The van der Waals surface area contributed by atoms with Gasteiger partial charge < -0.3 is 10.6 Å². The molecular weight excluding hydrogens is 395 g/mol. The van der Waals surface area contributed by atoms with Crippen molar-refractivity contribution in [3.05, 3.63) is 23.1 Å². The van der Waals surface area contributed by atoms with E-state index in [1.165, 1.54) is 17.9 Å². The molecular formula is C15H14ClF5N6. The van der Waals surface area contributed by atoms with Gasteiger partial charge in [-0.05, 0) is 12.8 Å². The summed E-state index contributed by atoms with van der Waals surface area (Å²) in [6.07, 6.45) is -1.78. The predicted molar refractivity (Wildman–Crippen MR) is 87.3 cm³/mol. The second-order valence-electron chi connectivity index (χ2n) is 6.65. The number of nitrogens with zero attached hydrogens (tertiary/aromatic N) is 4. The van der Waals surface area contributed by atoms with Gasteiger partial charge in [0, 0.05) is 25.1 Å². The Labute approximate surface area is 155 Å². The van der Waals surface area contributed by atoms with E-state index in [-0.39, 0.29) is 28.6 Å². The quantitative estimate of drug-likeness (QED) is 0.736. The molecule has 2 aliphatic carbocycles. The molecule has 2 heterocycles. The number of alkyl halides is 5. The number of aromatic nitrogens is 4. The van der Waals surface area contributed by atoms with Crippen LogP contribution >= 0.6 is 11.6 Å². The van der Waals surface area contributed by atoms with Crippen LogP contribution in [0.1, 0.15) is 24.4 Å². The highest BCUT2D eigenvalue weighted by atomic mass is 35.5. The van der Waals surface area contributed by atoms with Crippen LogP contribution in [0, 0.1) is 11.8 Å². The SMILES string of the molecule is CNc1nc(Nc2cn(C3CC4C(C3)C4(F)F)nc2Cl)ncc1C(F)(F)F. The Morgan fingerprint density at radius 1 is 1.26 bits per heavy atom. The number of nitrogens with one attached hydrogen (secondary N) is 2. The van der Waals surface area contributed by atoms with E-state index in [4.69, 9.17) is 11.6 Å². The maximum Gasteiger partial charge on any atom is 0.421 e. The van der Waals surface area contributed by atoms with Gasteiger partial charge in [0.15, 0.2) is 5.15 Å². The van der Waals surface area contributed by atoms with Gasteiger partial charge in [-0.15, -0.1) is 0 Å². The maximum absolute atomic E-state index is 13.3. The van der Waals surface area contributed by atoms with Crippen LogP contribution in [-0.2, 0) is 6.18 Å². The third-order valence-electron chi connectivity index (χ3n) is 5.06. The van der Waals surface area contributed by atoms with Crippen molar-refractivity contribution in [2.24, 2.45) is 11.8 Å². The highest BCUT2D eigenvalue weighted by Crippen LogP contribution is 2.66. The Morgan fingerprint density at radius 3 is 2.52 bits per heavy atom. The molecule has 2 saturated carbocycles. The highest BCUT2D eigenvalue weighted by Gasteiger charge is 2.71. The van der Waals surface area contributed by atoms with Gasteiger partial charge in [0.1, 0.15) is 11.4 Å². The lowest BCUT2D eigenvalue weighted by atomic mass is 10.1. The molecule has 0 aliphatic heterocycles. The molecule has 146 valence electrons. The molecule has 2 atom stereocenters. The van der Waals surface area contributed by atoms with Crippen molar-refractivity contribution < 1.29 is 22.0 Å². The molecule has 2 unspecified atom stereocenters. The van der Waals surface area contributed by atoms with E-state index in [9.17, 15) is 22.0 Å². The Kier molecular flexibility index (Phi) is 3.99. The van der Waals surface area contributed by atoms with E-state index in [1.807, 2.05) is 0 Å². The molecule has 0 aromatic carbocycles. The van der Waals surface area contributed by atoms with Crippen molar-refractivity contribution in [1.29, 1.82) is 0 Å². The molecule has 2 aliphatic rings. The summed E-state index contributed by atoms with van der Waals surface area (Å²) in [7, 11) is 1.31. The average Bonchev–Trinajstić information content (AvgIpc) is 2.99. The predicted octanol–water partition coefficient (Wildman–Crippen LogP) is 4.35. The van der Waals surface area contributed by atoms with Gasteiger partial charge in [0.25, 0.3) is 5.92 Å². The van der Waals surface area contributed by atoms with Crippen LogP contribution in [0.5, 0.6) is 0 Å². The van der Waals surface area contributed by atoms with Gasteiger partial charge >= 0.3 is 6.18 Å². The zero-order valence-corrected chi connectivity index (χ0v) is 14.6. The third kappa shape index (κ3) is 3.07. The molecule has 2 aromatic rings. The number of hydrogen-bond acceptors (Lipinski definition) is 5. The minimum Gasteiger partial charge on any atom is -0.372 e. The van der Waals surface area contributed by atoms with Crippen molar-refractivity contribution >= 4 is 29.1 Å². The second kappa shape index (κ2) is 5.91. The van der Waals surface area contributed by atoms with Crippen molar-refractivity contribution in [3.8, 4) is 0 Å². The first-order chi connectivity index (χ1) is 12.6. The zero-order chi connectivity index (χ0) is 19.6. The van der Waals surface area contributed by atoms with Crippen LogP contribution in [0.25, 0.3) is 0 Å². The van der Waals surface area contributed by atoms with Gasteiger partial charge in [0.05, 0.1) is 17.9 Å². The fourth-order valence-corrected chi connectivity index (χ4v) is 3.79. The van der Waals surface area contributed by atoms with Gasteiger partial charge in [-0.3, -0.25) is 4.68 Å². The van der Waals surface area contributed by atoms with Crippen LogP contribution in [-0.4, -0.2) is 32.7 Å². The van der Waals surface area contributed by atoms with E-state index in [0.29, 0.717) is 19.0 Å². The van der Waals surface area contributed by atoms with Gasteiger partial charge in [0.2, 0.25) is 5.95 Å². The van der Waals surface area contributed by atoms with Crippen molar-refractivity contribution in [2.45, 2.75) is 31.0 Å². The molecule has 4 rings (SSSR count). The van der Waals surface area contributed by atoms with Crippen LogP contribution < -0.4 is 10.6 Å². The number of rotatable bonds is 4. The molecule has 0 bridgehead atoms. The normalized spacial score (nSPS) is 26.0. The molecule has 2 aromatic heterocycles. The lowest BCUT2D eigenvalue weighted by Gasteiger charge is -2.14. The Balaban J connectivity index is 1.52. The lowest BCUT2D eigenvalue weighted by molar-refractivity contribution is -0.137. The van der Waals surface area contributed by atoms with E-state index < -0.39 is 29.5 Å². The average molecular weight is 409 g/mol. The highest BCUT2D eigenvalue weighted by molar-refractivity contribution is 6.32. The zero-order valence-electron chi connectivity index (χ0n) is 13.9. The Morgan fingerprint density at radius 2 is 1.93 bits per heavy atom. The molecule has 27 heavy (non-hydrogen) atoms. The minimum absolute atomic E-state index is 0.0526. The summed E-state index contributed by atoms with van der Waals surface area (Å²) in [6.45, 7) is 0. The molecule has 6 nitrogen and oxygen atoms in total. The number of anilines is 3. The summed E-state index contributed by atoms with van der Waals surface area (Å²) in [5.74, 6) is -4.29. The maximum atomic E-state index is 13.3. The first-order valence-electron chi connectivity index (χ1n) is 8.12. The summed E-state index contributed by atoms with van der Waals surface area (Å²) < 4.78 is 66.8. The van der Waals surface area contributed by atoms with Crippen molar-refractivity contribution in [2.75, 3.05) is 17.7 Å². The van der Waals surface area contributed by atoms with Gasteiger partial charge in [-0.2, -0.15) is 23.3 Å². The van der Waals surface area contributed by atoms with E-state index in [2.05, 4.69) is 25.7 Å². The first-order valence-corrected chi connectivity index (χ1v) is 8.50. The summed E-state index contributed by atoms with van der Waals surface area (Å²) in [5, 5.41) is 9.26. The fourth-order valence-electron chi connectivity index (χ4n) is 3.60. The van der Waals surface area contributed by atoms with Crippen LogP contribution in [0.15, 0.2) is 12.4 Å². The van der Waals surface area contributed by atoms with Gasteiger partial charge in [-0.1, -0.05) is 11.6 Å². The summed E-state index contributed by atoms with van der Waals surface area (Å²) in [6, 6.07) is -0.186. The monoisotopic (exact) mass is 408 g/mol. The van der Waals surface area contributed by atoms with E-state index in [0.717, 1.165) is 0 Å². The summed E-state index contributed by atoms with van der Waals surface area (Å²) in [4.78, 5) is 7.45. The molecule has 2 N–H and O–H groups in total. The molecule has 0 spiro atoms. The Hall–Kier alpha value is -2.17. The fraction of sp³-hybridized carbons (Fsp3) is 0.533. The number of hydrogen-bond donors (Lipinski definition) is 2. The molecule has 12 heteroatoms. The first kappa shape index (κ1) is 18.2. The standard InChI is InChI=1S/C15H14ClF5N6/c1-22-12-9(15(19,20)21)4-23-13(25-12)24-10-5-27(26-11(10)16)6-2-7-8(3-6)14(7,17)18/h4-8H,2-3H2,1H3,(H2,22,23,24,25). The molecule has 0 radical (unpaired) electrons. The smallest absolute Gasteiger partial charge is 0.372 e. The largest absolute Gasteiger partial charge is 0.421 e. The van der Waals surface area contributed by atoms with E-state index >= 15 is 0 Å². The molecule has 2 fully saturated rings. The Bertz CT molecular complexity index is 868. The number of fused-ring (bicyclic) bond motifs is 1. The minimum atomic E-state index is -4.59. The third-order valence-corrected chi connectivity index (χ3v) is 5.33. The van der Waals surface area contributed by atoms with Crippen LogP contribution in [0.4, 0.5) is 39.4 Å².